The average molecular weight is 412 g/mol. The van der Waals surface area contributed by atoms with E-state index in [4.69, 9.17) is 4.74 Å². The second-order valence-corrected chi connectivity index (χ2v) is 6.95. The molecule has 0 saturated heterocycles. The number of allylic oxidation sites excluding steroid dienone is 2. The molecule has 0 fully saturated rings. The van der Waals surface area contributed by atoms with Gasteiger partial charge in [-0.15, -0.1) is 0 Å². The van der Waals surface area contributed by atoms with Gasteiger partial charge in [0.15, 0.2) is 0 Å². The SMILES string of the molecule is COC(=O)C1=C(C)N(c2ccc(C)cc2)/C(=C/c2ccc(Br)cc2)C1=O. The summed E-state index contributed by atoms with van der Waals surface area (Å²) in [4.78, 5) is 26.9. The van der Waals surface area contributed by atoms with E-state index in [2.05, 4.69) is 15.9 Å². The number of hydrogen-bond donors (Lipinski definition) is 0. The smallest absolute Gasteiger partial charge is 0.343 e. The maximum atomic E-state index is 13.0. The van der Waals surface area contributed by atoms with E-state index in [1.54, 1.807) is 17.9 Å². The molecule has 3 rings (SSSR count). The number of nitrogens with zero attached hydrogens (tertiary/aromatic N) is 1. The van der Waals surface area contributed by atoms with Crippen molar-refractivity contribution < 1.29 is 14.3 Å². The highest BCUT2D eigenvalue weighted by Crippen LogP contribution is 2.35. The normalized spacial score (nSPS) is 15.8. The lowest BCUT2D eigenvalue weighted by atomic mass is 10.1. The summed E-state index contributed by atoms with van der Waals surface area (Å²) in [5, 5.41) is 0. The molecule has 0 aliphatic carbocycles. The van der Waals surface area contributed by atoms with Gasteiger partial charge in [-0.3, -0.25) is 4.79 Å². The third-order valence-corrected chi connectivity index (χ3v) is 4.78. The Balaban J connectivity index is 2.14. The van der Waals surface area contributed by atoms with Gasteiger partial charge in [0.2, 0.25) is 5.78 Å². The molecule has 2 aromatic carbocycles. The standard InChI is InChI=1S/C21H18BrNO3/c1-13-4-10-17(11-5-13)23-14(2)19(21(25)26-3)20(24)18(23)12-15-6-8-16(22)9-7-15/h4-12H,1-3H3/b18-12+. The lowest BCUT2D eigenvalue weighted by molar-refractivity contribution is -0.137. The van der Waals surface area contributed by atoms with E-state index in [9.17, 15) is 9.59 Å². The van der Waals surface area contributed by atoms with Gasteiger partial charge in [-0.05, 0) is 49.8 Å². The monoisotopic (exact) mass is 411 g/mol. The van der Waals surface area contributed by atoms with E-state index in [0.29, 0.717) is 11.4 Å². The summed E-state index contributed by atoms with van der Waals surface area (Å²) >= 11 is 3.41. The van der Waals surface area contributed by atoms with Gasteiger partial charge < -0.3 is 9.64 Å². The van der Waals surface area contributed by atoms with Gasteiger partial charge in [-0.1, -0.05) is 45.8 Å². The molecule has 0 atom stereocenters. The first-order valence-electron chi connectivity index (χ1n) is 8.10. The van der Waals surface area contributed by atoms with E-state index in [1.165, 1.54) is 7.11 Å². The summed E-state index contributed by atoms with van der Waals surface area (Å²) in [6.07, 6.45) is 1.79. The summed E-state index contributed by atoms with van der Waals surface area (Å²) in [5.41, 5.74) is 3.86. The van der Waals surface area contributed by atoms with Crippen molar-refractivity contribution in [1.82, 2.24) is 0 Å². The average Bonchev–Trinajstić information content (AvgIpc) is 2.87. The molecule has 26 heavy (non-hydrogen) atoms. The van der Waals surface area contributed by atoms with Crippen LogP contribution in [0.1, 0.15) is 18.1 Å². The molecule has 0 saturated carbocycles. The summed E-state index contributed by atoms with van der Waals surface area (Å²) in [6.45, 7) is 3.76. The van der Waals surface area contributed by atoms with Crippen LogP contribution in [0.2, 0.25) is 0 Å². The minimum atomic E-state index is -0.621. The van der Waals surface area contributed by atoms with Crippen LogP contribution in [0.15, 0.2) is 70.0 Å². The van der Waals surface area contributed by atoms with Crippen LogP contribution >= 0.6 is 15.9 Å². The molecule has 1 aliphatic heterocycles. The van der Waals surface area contributed by atoms with Crippen LogP contribution in [-0.2, 0) is 14.3 Å². The topological polar surface area (TPSA) is 46.6 Å². The second kappa shape index (κ2) is 7.30. The molecule has 0 N–H and O–H groups in total. The summed E-state index contributed by atoms with van der Waals surface area (Å²) in [7, 11) is 1.28. The van der Waals surface area contributed by atoms with E-state index < -0.39 is 5.97 Å². The van der Waals surface area contributed by atoms with Crippen molar-refractivity contribution in [2.24, 2.45) is 0 Å². The number of anilines is 1. The zero-order valence-electron chi connectivity index (χ0n) is 14.7. The molecule has 2 aromatic rings. The molecule has 0 radical (unpaired) electrons. The van der Waals surface area contributed by atoms with Crippen molar-refractivity contribution in [1.29, 1.82) is 0 Å². The van der Waals surface area contributed by atoms with Crippen LogP contribution in [0.3, 0.4) is 0 Å². The molecule has 132 valence electrons. The van der Waals surface area contributed by atoms with E-state index in [1.807, 2.05) is 55.5 Å². The number of ketones is 1. The summed E-state index contributed by atoms with van der Waals surface area (Å²) < 4.78 is 5.77. The minimum absolute atomic E-state index is 0.0661. The molecule has 5 heteroatoms. The van der Waals surface area contributed by atoms with Crippen LogP contribution < -0.4 is 4.90 Å². The van der Waals surface area contributed by atoms with Gasteiger partial charge >= 0.3 is 5.97 Å². The molecule has 4 nitrogen and oxygen atoms in total. The fourth-order valence-electron chi connectivity index (χ4n) is 2.90. The lowest BCUT2D eigenvalue weighted by Crippen LogP contribution is -2.18. The van der Waals surface area contributed by atoms with E-state index >= 15 is 0 Å². The molecule has 0 aromatic heterocycles. The van der Waals surface area contributed by atoms with Crippen LogP contribution in [0.25, 0.3) is 6.08 Å². The molecular weight excluding hydrogens is 394 g/mol. The van der Waals surface area contributed by atoms with Gasteiger partial charge in [-0.2, -0.15) is 0 Å². The maximum Gasteiger partial charge on any atom is 0.343 e. The highest BCUT2D eigenvalue weighted by atomic mass is 79.9. The van der Waals surface area contributed by atoms with Gasteiger partial charge in [0.05, 0.1) is 12.8 Å². The Kier molecular flexibility index (Phi) is 5.09. The van der Waals surface area contributed by atoms with Crippen LogP contribution in [0, 0.1) is 6.92 Å². The number of ether oxygens (including phenoxy) is 1. The van der Waals surface area contributed by atoms with Crippen LogP contribution in [-0.4, -0.2) is 18.9 Å². The first-order valence-corrected chi connectivity index (χ1v) is 8.89. The number of hydrogen-bond acceptors (Lipinski definition) is 4. The largest absolute Gasteiger partial charge is 0.465 e. The lowest BCUT2D eigenvalue weighted by Gasteiger charge is -2.21. The highest BCUT2D eigenvalue weighted by Gasteiger charge is 2.38. The molecule has 0 unspecified atom stereocenters. The molecule has 1 heterocycles. The van der Waals surface area contributed by atoms with Crippen molar-refractivity contribution in [3.63, 3.8) is 0 Å². The first kappa shape index (κ1) is 18.1. The Morgan fingerprint density at radius 2 is 1.65 bits per heavy atom. The van der Waals surface area contributed by atoms with Crippen molar-refractivity contribution in [3.8, 4) is 0 Å². The van der Waals surface area contributed by atoms with Gasteiger partial charge in [0, 0.05) is 15.9 Å². The zero-order valence-corrected chi connectivity index (χ0v) is 16.3. The fourth-order valence-corrected chi connectivity index (χ4v) is 3.17. The van der Waals surface area contributed by atoms with Crippen molar-refractivity contribution in [2.75, 3.05) is 12.0 Å². The Bertz CT molecular complexity index is 925. The third-order valence-electron chi connectivity index (χ3n) is 4.25. The van der Waals surface area contributed by atoms with Crippen molar-refractivity contribution in [3.05, 3.63) is 81.1 Å². The summed E-state index contributed by atoms with van der Waals surface area (Å²) in [5.74, 6) is -0.957. The predicted octanol–water partition coefficient (Wildman–Crippen LogP) is 4.63. The molecule has 0 spiro atoms. The van der Waals surface area contributed by atoms with Crippen LogP contribution in [0.5, 0.6) is 0 Å². The second-order valence-electron chi connectivity index (χ2n) is 6.03. The number of halogens is 1. The molecule has 0 amide bonds. The minimum Gasteiger partial charge on any atom is -0.465 e. The van der Waals surface area contributed by atoms with Gasteiger partial charge in [0.1, 0.15) is 5.57 Å². The third kappa shape index (κ3) is 3.35. The quantitative estimate of drug-likeness (QED) is 0.419. The van der Waals surface area contributed by atoms with Gasteiger partial charge in [0.25, 0.3) is 0 Å². The molecule has 1 aliphatic rings. The predicted molar refractivity (Wildman–Crippen MR) is 106 cm³/mol. The highest BCUT2D eigenvalue weighted by molar-refractivity contribution is 9.10. The first-order chi connectivity index (χ1) is 12.4. The molecule has 0 bridgehead atoms. The van der Waals surface area contributed by atoms with Crippen molar-refractivity contribution in [2.45, 2.75) is 13.8 Å². The number of carbonyl (C=O) groups is 2. The number of esters is 1. The number of aryl methyl sites for hydroxylation is 1. The van der Waals surface area contributed by atoms with Crippen molar-refractivity contribution >= 4 is 39.4 Å². The molecular formula is C21H18BrNO3. The Morgan fingerprint density at radius 1 is 1.04 bits per heavy atom. The summed E-state index contributed by atoms with van der Waals surface area (Å²) in [6, 6.07) is 15.4. The van der Waals surface area contributed by atoms with E-state index in [-0.39, 0.29) is 11.4 Å². The van der Waals surface area contributed by atoms with Gasteiger partial charge in [-0.25, -0.2) is 4.79 Å². The Hall–Kier alpha value is -2.66. The van der Waals surface area contributed by atoms with Crippen LogP contribution in [0.4, 0.5) is 5.69 Å². The Labute approximate surface area is 160 Å². The van der Waals surface area contributed by atoms with E-state index in [0.717, 1.165) is 21.3 Å². The zero-order chi connectivity index (χ0) is 18.8. The number of carbonyl (C=O) groups excluding carboxylic acids is 2. The number of benzene rings is 2. The number of Topliss-reactive ketones (excluding diaryl/α,β-unsaturated/α-hetero) is 1. The fraction of sp³-hybridized carbons (Fsp3) is 0.143. The number of methoxy groups -OCH3 is 1. The maximum absolute atomic E-state index is 13.0. The number of rotatable bonds is 3. The Morgan fingerprint density at radius 3 is 2.23 bits per heavy atom.